The zero-order valence-corrected chi connectivity index (χ0v) is 13.9. The van der Waals surface area contributed by atoms with Crippen molar-refractivity contribution in [2.24, 2.45) is 0 Å². The smallest absolute Gasteiger partial charge is 0.325 e. The number of nitrogens with one attached hydrogen (secondary N) is 2. The summed E-state index contributed by atoms with van der Waals surface area (Å²) in [5.41, 5.74) is -0.570. The molecule has 0 saturated carbocycles. The maximum Gasteiger partial charge on any atom is 0.325 e. The van der Waals surface area contributed by atoms with Crippen molar-refractivity contribution < 1.29 is 14.4 Å². The van der Waals surface area contributed by atoms with Gasteiger partial charge in [-0.2, -0.15) is 0 Å². The van der Waals surface area contributed by atoms with Gasteiger partial charge in [-0.05, 0) is 31.0 Å². The molecule has 1 heterocycles. The van der Waals surface area contributed by atoms with Crippen molar-refractivity contribution in [3.63, 3.8) is 0 Å². The maximum absolute atomic E-state index is 12.6. The van der Waals surface area contributed by atoms with Crippen LogP contribution in [0, 0.1) is 0 Å². The average molecular weight is 338 g/mol. The fourth-order valence-electron chi connectivity index (χ4n) is 2.42. The molecule has 0 spiro atoms. The third kappa shape index (κ3) is 3.64. The lowest BCUT2D eigenvalue weighted by atomic mass is 9.92. The van der Waals surface area contributed by atoms with Gasteiger partial charge in [0.05, 0.1) is 0 Å². The van der Waals surface area contributed by atoms with Crippen molar-refractivity contribution in [2.75, 3.05) is 13.1 Å². The molecule has 1 aromatic carbocycles. The van der Waals surface area contributed by atoms with Crippen molar-refractivity contribution in [3.05, 3.63) is 34.9 Å². The minimum Gasteiger partial charge on any atom is -0.355 e. The highest BCUT2D eigenvalue weighted by Gasteiger charge is 2.49. The van der Waals surface area contributed by atoms with Crippen LogP contribution in [0.2, 0.25) is 5.02 Å². The Labute approximate surface area is 140 Å². The van der Waals surface area contributed by atoms with Crippen molar-refractivity contribution in [1.29, 1.82) is 0 Å². The van der Waals surface area contributed by atoms with E-state index in [1.165, 1.54) is 0 Å². The second kappa shape index (κ2) is 7.00. The predicted molar refractivity (Wildman–Crippen MR) is 87.0 cm³/mol. The van der Waals surface area contributed by atoms with Crippen LogP contribution < -0.4 is 10.6 Å². The summed E-state index contributed by atoms with van der Waals surface area (Å²) >= 11 is 5.85. The Hall–Kier alpha value is -2.08. The second-order valence-electron chi connectivity index (χ2n) is 5.66. The first kappa shape index (κ1) is 17.3. The number of rotatable bonds is 6. The molecular weight excluding hydrogens is 318 g/mol. The lowest BCUT2D eigenvalue weighted by molar-refractivity contribution is -0.134. The quantitative estimate of drug-likeness (QED) is 0.615. The zero-order chi connectivity index (χ0) is 17.0. The number of hydrogen-bond donors (Lipinski definition) is 2. The number of halogens is 1. The van der Waals surface area contributed by atoms with Crippen molar-refractivity contribution in [2.45, 2.75) is 32.2 Å². The molecular formula is C16H20ClN3O3. The van der Waals surface area contributed by atoms with Gasteiger partial charge in [0.2, 0.25) is 5.91 Å². The van der Waals surface area contributed by atoms with Gasteiger partial charge in [0.15, 0.2) is 0 Å². The Morgan fingerprint density at radius 3 is 2.57 bits per heavy atom. The van der Waals surface area contributed by atoms with Gasteiger partial charge in [0, 0.05) is 11.6 Å². The zero-order valence-electron chi connectivity index (χ0n) is 13.2. The molecule has 0 aromatic heterocycles. The minimum atomic E-state index is -1.19. The van der Waals surface area contributed by atoms with Gasteiger partial charge in [-0.15, -0.1) is 0 Å². The van der Waals surface area contributed by atoms with E-state index in [1.54, 1.807) is 31.2 Å². The highest BCUT2D eigenvalue weighted by Crippen LogP contribution is 2.29. The summed E-state index contributed by atoms with van der Waals surface area (Å²) in [6.07, 6.45) is 1.81. The van der Waals surface area contributed by atoms with E-state index in [0.717, 1.165) is 17.7 Å². The highest BCUT2D eigenvalue weighted by molar-refractivity contribution is 6.30. The van der Waals surface area contributed by atoms with E-state index in [1.807, 2.05) is 6.92 Å². The molecule has 124 valence electrons. The third-order valence-electron chi connectivity index (χ3n) is 3.85. The van der Waals surface area contributed by atoms with Gasteiger partial charge in [-0.25, -0.2) is 4.79 Å². The summed E-state index contributed by atoms with van der Waals surface area (Å²) in [4.78, 5) is 37.5. The summed E-state index contributed by atoms with van der Waals surface area (Å²) in [6.45, 7) is 3.89. The van der Waals surface area contributed by atoms with Crippen LogP contribution in [0.4, 0.5) is 4.79 Å². The highest BCUT2D eigenvalue weighted by atomic mass is 35.5. The first-order valence-corrected chi connectivity index (χ1v) is 7.93. The molecule has 1 aliphatic heterocycles. The molecule has 23 heavy (non-hydrogen) atoms. The van der Waals surface area contributed by atoms with Crippen molar-refractivity contribution in [1.82, 2.24) is 15.5 Å². The Kier molecular flexibility index (Phi) is 5.26. The predicted octanol–water partition coefficient (Wildman–Crippen LogP) is 2.02. The fourth-order valence-corrected chi connectivity index (χ4v) is 2.55. The van der Waals surface area contributed by atoms with E-state index in [0.29, 0.717) is 17.1 Å². The van der Waals surface area contributed by atoms with E-state index in [2.05, 4.69) is 10.6 Å². The van der Waals surface area contributed by atoms with Crippen LogP contribution >= 0.6 is 11.6 Å². The molecule has 4 amide bonds. The molecule has 1 saturated heterocycles. The molecule has 6 nitrogen and oxygen atoms in total. The maximum atomic E-state index is 12.6. The third-order valence-corrected chi connectivity index (χ3v) is 4.10. The Balaban J connectivity index is 2.10. The first-order chi connectivity index (χ1) is 10.9. The second-order valence-corrected chi connectivity index (χ2v) is 6.09. The fraction of sp³-hybridized carbons (Fsp3) is 0.438. The standard InChI is InChI=1S/C16H20ClN3O3/c1-3-4-9-18-13(21)10-20-14(22)16(2,19-15(20)23)11-5-7-12(17)8-6-11/h5-8H,3-4,9-10H2,1-2H3,(H,18,21)(H,19,23). The number of nitrogens with zero attached hydrogens (tertiary/aromatic N) is 1. The van der Waals surface area contributed by atoms with E-state index in [-0.39, 0.29) is 12.5 Å². The van der Waals surface area contributed by atoms with Crippen LogP contribution in [0.15, 0.2) is 24.3 Å². The molecule has 2 rings (SSSR count). The van der Waals surface area contributed by atoms with Gasteiger partial charge in [-0.1, -0.05) is 37.1 Å². The average Bonchev–Trinajstić information content (AvgIpc) is 2.72. The van der Waals surface area contributed by atoms with Crippen molar-refractivity contribution >= 4 is 29.4 Å². The Morgan fingerprint density at radius 2 is 1.96 bits per heavy atom. The number of unbranched alkanes of at least 4 members (excludes halogenated alkanes) is 1. The lowest BCUT2D eigenvalue weighted by Crippen LogP contribution is -2.43. The summed E-state index contributed by atoms with van der Waals surface area (Å²) in [5.74, 6) is -0.794. The number of hydrogen-bond acceptors (Lipinski definition) is 3. The number of carbonyl (C=O) groups is 3. The molecule has 7 heteroatoms. The van der Waals surface area contributed by atoms with Gasteiger partial charge < -0.3 is 10.6 Å². The normalized spacial score (nSPS) is 20.6. The molecule has 2 N–H and O–H groups in total. The number of amides is 4. The first-order valence-electron chi connectivity index (χ1n) is 7.55. The van der Waals surface area contributed by atoms with E-state index >= 15 is 0 Å². The van der Waals surface area contributed by atoms with Crippen molar-refractivity contribution in [3.8, 4) is 0 Å². The van der Waals surface area contributed by atoms with Gasteiger partial charge >= 0.3 is 6.03 Å². The van der Waals surface area contributed by atoms with E-state index < -0.39 is 17.5 Å². The van der Waals surface area contributed by atoms with Gasteiger partial charge in [0.1, 0.15) is 12.1 Å². The van der Waals surface area contributed by atoms with Crippen LogP contribution in [0.1, 0.15) is 32.3 Å². The van der Waals surface area contributed by atoms with Crippen LogP contribution in [0.5, 0.6) is 0 Å². The summed E-state index contributed by atoms with van der Waals surface area (Å²) in [5, 5.41) is 5.89. The monoisotopic (exact) mass is 337 g/mol. The lowest BCUT2D eigenvalue weighted by Gasteiger charge is -2.22. The van der Waals surface area contributed by atoms with Crippen LogP contribution in [-0.2, 0) is 15.1 Å². The summed E-state index contributed by atoms with van der Waals surface area (Å²) < 4.78 is 0. The van der Waals surface area contributed by atoms with E-state index in [9.17, 15) is 14.4 Å². The number of urea groups is 1. The van der Waals surface area contributed by atoms with E-state index in [4.69, 9.17) is 11.6 Å². The number of carbonyl (C=O) groups excluding carboxylic acids is 3. The molecule has 1 fully saturated rings. The summed E-state index contributed by atoms with van der Waals surface area (Å²) in [6, 6.07) is 6.11. The minimum absolute atomic E-state index is 0.280. The molecule has 0 bridgehead atoms. The Morgan fingerprint density at radius 1 is 1.30 bits per heavy atom. The molecule has 1 atom stereocenters. The summed E-state index contributed by atoms with van der Waals surface area (Å²) in [7, 11) is 0. The molecule has 0 aliphatic carbocycles. The van der Waals surface area contributed by atoms with Crippen LogP contribution in [-0.4, -0.2) is 35.8 Å². The van der Waals surface area contributed by atoms with Crippen LogP contribution in [0.25, 0.3) is 0 Å². The Bertz CT molecular complexity index is 618. The number of imide groups is 1. The molecule has 1 aromatic rings. The topological polar surface area (TPSA) is 78.5 Å². The van der Waals surface area contributed by atoms with Crippen LogP contribution in [0.3, 0.4) is 0 Å². The van der Waals surface area contributed by atoms with Gasteiger partial charge in [-0.3, -0.25) is 14.5 Å². The largest absolute Gasteiger partial charge is 0.355 e. The number of benzene rings is 1. The van der Waals surface area contributed by atoms with Gasteiger partial charge in [0.25, 0.3) is 5.91 Å². The molecule has 1 aliphatic rings. The molecule has 0 radical (unpaired) electrons. The SMILES string of the molecule is CCCCNC(=O)CN1C(=O)NC(C)(c2ccc(Cl)cc2)C1=O. The molecule has 1 unspecified atom stereocenters.